The van der Waals surface area contributed by atoms with Gasteiger partial charge in [0.2, 0.25) is 0 Å². The van der Waals surface area contributed by atoms with Crippen LogP contribution in [-0.4, -0.2) is 29.9 Å². The van der Waals surface area contributed by atoms with E-state index >= 15 is 0 Å². The molecule has 110 valence electrons. The number of carbonyl (C=O) groups is 1. The summed E-state index contributed by atoms with van der Waals surface area (Å²) in [6, 6.07) is 14.3. The van der Waals surface area contributed by atoms with Crippen LogP contribution in [-0.2, 0) is 6.42 Å². The minimum Gasteiger partial charge on any atom is -0.336 e. The SMILES string of the molecule is NC1CC(Cc2ccccc2)CN(C(=O)c2cccs2)C1. The van der Waals surface area contributed by atoms with E-state index < -0.39 is 0 Å². The monoisotopic (exact) mass is 300 g/mol. The van der Waals surface area contributed by atoms with Crippen LogP contribution < -0.4 is 5.73 Å². The van der Waals surface area contributed by atoms with Gasteiger partial charge in [0.05, 0.1) is 4.88 Å². The Morgan fingerprint density at radius 1 is 1.19 bits per heavy atom. The maximum Gasteiger partial charge on any atom is 0.263 e. The molecule has 2 heterocycles. The van der Waals surface area contributed by atoms with E-state index in [2.05, 4.69) is 24.3 Å². The molecular formula is C17H20N2OS. The minimum absolute atomic E-state index is 0.0800. The number of hydrogen-bond acceptors (Lipinski definition) is 3. The highest BCUT2D eigenvalue weighted by molar-refractivity contribution is 7.12. The zero-order valence-electron chi connectivity index (χ0n) is 11.9. The number of benzene rings is 1. The molecule has 21 heavy (non-hydrogen) atoms. The molecule has 1 aliphatic heterocycles. The molecule has 2 unspecified atom stereocenters. The van der Waals surface area contributed by atoms with E-state index in [9.17, 15) is 4.79 Å². The Kier molecular flexibility index (Phi) is 4.36. The maximum atomic E-state index is 12.5. The standard InChI is InChI=1S/C17H20N2OS/c18-15-10-14(9-13-5-2-1-3-6-13)11-19(12-15)17(20)16-7-4-8-21-16/h1-8,14-15H,9-12,18H2. The van der Waals surface area contributed by atoms with Gasteiger partial charge in [0.15, 0.2) is 0 Å². The number of piperidine rings is 1. The summed E-state index contributed by atoms with van der Waals surface area (Å²) in [5.41, 5.74) is 7.49. The second-order valence-corrected chi connectivity index (χ2v) is 6.69. The molecule has 3 nitrogen and oxygen atoms in total. The molecule has 2 aromatic rings. The first kappa shape index (κ1) is 14.3. The molecule has 1 aliphatic rings. The highest BCUT2D eigenvalue weighted by Gasteiger charge is 2.29. The quantitative estimate of drug-likeness (QED) is 0.947. The summed E-state index contributed by atoms with van der Waals surface area (Å²) in [6.07, 6.45) is 1.98. The Morgan fingerprint density at radius 3 is 2.71 bits per heavy atom. The smallest absolute Gasteiger partial charge is 0.263 e. The van der Waals surface area contributed by atoms with Crippen molar-refractivity contribution in [3.8, 4) is 0 Å². The van der Waals surface area contributed by atoms with Crippen molar-refractivity contribution in [2.75, 3.05) is 13.1 Å². The molecule has 0 radical (unpaired) electrons. The van der Waals surface area contributed by atoms with Gasteiger partial charge in [0.25, 0.3) is 5.91 Å². The van der Waals surface area contributed by atoms with Crippen LogP contribution in [0.4, 0.5) is 0 Å². The van der Waals surface area contributed by atoms with Crippen molar-refractivity contribution < 1.29 is 4.79 Å². The molecule has 0 spiro atoms. The van der Waals surface area contributed by atoms with Gasteiger partial charge in [-0.15, -0.1) is 11.3 Å². The minimum atomic E-state index is 0.0800. The summed E-state index contributed by atoms with van der Waals surface area (Å²) in [5, 5.41) is 1.94. The van der Waals surface area contributed by atoms with Gasteiger partial charge in [-0.1, -0.05) is 36.4 Å². The van der Waals surface area contributed by atoms with Crippen molar-refractivity contribution in [3.63, 3.8) is 0 Å². The summed E-state index contributed by atoms with van der Waals surface area (Å²) >= 11 is 1.50. The second-order valence-electron chi connectivity index (χ2n) is 5.74. The van der Waals surface area contributed by atoms with Crippen LogP contribution in [0.15, 0.2) is 47.8 Å². The molecule has 1 aromatic heterocycles. The molecular weight excluding hydrogens is 280 g/mol. The molecule has 1 aromatic carbocycles. The van der Waals surface area contributed by atoms with Gasteiger partial charge in [-0.2, -0.15) is 0 Å². The third-order valence-corrected chi connectivity index (χ3v) is 4.81. The van der Waals surface area contributed by atoms with Crippen LogP contribution in [0.3, 0.4) is 0 Å². The number of nitrogens with zero attached hydrogens (tertiary/aromatic N) is 1. The van der Waals surface area contributed by atoms with E-state index in [-0.39, 0.29) is 11.9 Å². The first-order valence-corrected chi connectivity index (χ1v) is 8.22. The fourth-order valence-electron chi connectivity index (χ4n) is 3.06. The van der Waals surface area contributed by atoms with E-state index in [4.69, 9.17) is 5.73 Å². The summed E-state index contributed by atoms with van der Waals surface area (Å²) in [5.74, 6) is 0.568. The number of rotatable bonds is 3. The van der Waals surface area contributed by atoms with Crippen molar-refractivity contribution in [1.82, 2.24) is 4.90 Å². The van der Waals surface area contributed by atoms with Crippen LogP contribution in [0.5, 0.6) is 0 Å². The van der Waals surface area contributed by atoms with E-state index in [0.717, 1.165) is 24.3 Å². The first-order valence-electron chi connectivity index (χ1n) is 7.34. The fourth-order valence-corrected chi connectivity index (χ4v) is 3.75. The summed E-state index contributed by atoms with van der Waals surface area (Å²) in [6.45, 7) is 1.47. The summed E-state index contributed by atoms with van der Waals surface area (Å²) in [7, 11) is 0. The van der Waals surface area contributed by atoms with Crippen molar-refractivity contribution in [2.24, 2.45) is 11.7 Å². The zero-order valence-corrected chi connectivity index (χ0v) is 12.8. The lowest BCUT2D eigenvalue weighted by Crippen LogP contribution is -2.49. The van der Waals surface area contributed by atoms with Gasteiger partial charge in [0, 0.05) is 19.1 Å². The fraction of sp³-hybridized carbons (Fsp3) is 0.353. The number of hydrogen-bond donors (Lipinski definition) is 1. The van der Waals surface area contributed by atoms with E-state index in [0.29, 0.717) is 12.5 Å². The number of amides is 1. The Hall–Kier alpha value is -1.65. The average molecular weight is 300 g/mol. The molecule has 0 saturated carbocycles. The predicted molar refractivity (Wildman–Crippen MR) is 86.5 cm³/mol. The summed E-state index contributed by atoms with van der Waals surface area (Å²) < 4.78 is 0. The number of thiophene rings is 1. The Morgan fingerprint density at radius 2 is 2.00 bits per heavy atom. The van der Waals surface area contributed by atoms with Crippen molar-refractivity contribution in [2.45, 2.75) is 18.9 Å². The lowest BCUT2D eigenvalue weighted by Gasteiger charge is -2.36. The van der Waals surface area contributed by atoms with Crippen LogP contribution >= 0.6 is 11.3 Å². The topological polar surface area (TPSA) is 46.3 Å². The second kappa shape index (κ2) is 6.41. The molecule has 1 saturated heterocycles. The van der Waals surface area contributed by atoms with Gasteiger partial charge in [-0.25, -0.2) is 0 Å². The van der Waals surface area contributed by atoms with Gasteiger partial charge >= 0.3 is 0 Å². The van der Waals surface area contributed by atoms with Gasteiger partial charge in [0.1, 0.15) is 0 Å². The molecule has 3 rings (SSSR count). The highest BCUT2D eigenvalue weighted by Crippen LogP contribution is 2.23. The molecule has 2 N–H and O–H groups in total. The van der Waals surface area contributed by atoms with Gasteiger partial charge in [-0.05, 0) is 35.8 Å². The van der Waals surface area contributed by atoms with Crippen molar-refractivity contribution in [1.29, 1.82) is 0 Å². The van der Waals surface area contributed by atoms with Crippen LogP contribution in [0, 0.1) is 5.92 Å². The molecule has 1 amide bonds. The van der Waals surface area contributed by atoms with Crippen molar-refractivity contribution in [3.05, 3.63) is 58.3 Å². The number of likely N-dealkylation sites (tertiary alicyclic amines) is 1. The average Bonchev–Trinajstić information content (AvgIpc) is 3.01. The van der Waals surface area contributed by atoms with Gasteiger partial charge < -0.3 is 10.6 Å². The third-order valence-electron chi connectivity index (χ3n) is 3.96. The predicted octanol–water partition coefficient (Wildman–Crippen LogP) is 2.78. The lowest BCUT2D eigenvalue weighted by atomic mass is 9.89. The van der Waals surface area contributed by atoms with E-state index in [1.807, 2.05) is 28.5 Å². The Bertz CT molecular complexity index is 582. The van der Waals surface area contributed by atoms with E-state index in [1.165, 1.54) is 16.9 Å². The molecule has 0 aliphatic carbocycles. The van der Waals surface area contributed by atoms with Crippen LogP contribution in [0.2, 0.25) is 0 Å². The largest absolute Gasteiger partial charge is 0.336 e. The Labute approximate surface area is 129 Å². The molecule has 2 atom stereocenters. The maximum absolute atomic E-state index is 12.5. The normalized spacial score (nSPS) is 22.2. The number of nitrogens with two attached hydrogens (primary N) is 1. The molecule has 0 bridgehead atoms. The number of carbonyl (C=O) groups excluding carboxylic acids is 1. The highest BCUT2D eigenvalue weighted by atomic mass is 32.1. The van der Waals surface area contributed by atoms with Crippen LogP contribution in [0.1, 0.15) is 21.7 Å². The van der Waals surface area contributed by atoms with Gasteiger partial charge in [-0.3, -0.25) is 4.79 Å². The van der Waals surface area contributed by atoms with E-state index in [1.54, 1.807) is 0 Å². The van der Waals surface area contributed by atoms with Crippen molar-refractivity contribution >= 4 is 17.2 Å². The first-order chi connectivity index (χ1) is 10.2. The molecule has 1 fully saturated rings. The van der Waals surface area contributed by atoms with Crippen LogP contribution in [0.25, 0.3) is 0 Å². The Balaban J connectivity index is 1.68. The zero-order chi connectivity index (χ0) is 14.7. The third kappa shape index (κ3) is 3.52. The summed E-state index contributed by atoms with van der Waals surface area (Å²) in [4.78, 5) is 15.2. The lowest BCUT2D eigenvalue weighted by molar-refractivity contribution is 0.0654. The molecule has 4 heteroatoms.